The quantitative estimate of drug-likeness (QED) is 0.511. The van der Waals surface area contributed by atoms with E-state index in [1.54, 1.807) is 0 Å². The fourth-order valence-electron chi connectivity index (χ4n) is 3.65. The molecule has 2 aromatic carbocycles. The number of hydrogen-bond acceptors (Lipinski definition) is 4. The van der Waals surface area contributed by atoms with Crippen molar-refractivity contribution in [3.63, 3.8) is 0 Å². The molecular formula is C25H33NO4. The molecule has 1 aliphatic heterocycles. The van der Waals surface area contributed by atoms with Crippen molar-refractivity contribution in [1.29, 1.82) is 0 Å². The minimum absolute atomic E-state index is 0.122. The Balaban J connectivity index is 1.29. The highest BCUT2D eigenvalue weighted by atomic mass is 16.5. The van der Waals surface area contributed by atoms with Crippen molar-refractivity contribution in [1.82, 2.24) is 4.90 Å². The molecule has 0 atom stereocenters. The fraction of sp³-hybridized carbons (Fsp3) is 0.480. The van der Waals surface area contributed by atoms with Crippen LogP contribution in [0.3, 0.4) is 0 Å². The molecular weight excluding hydrogens is 378 g/mol. The van der Waals surface area contributed by atoms with Crippen molar-refractivity contribution < 1.29 is 19.0 Å². The Morgan fingerprint density at radius 2 is 1.67 bits per heavy atom. The number of likely N-dealkylation sites (tertiary alicyclic amines) is 1. The van der Waals surface area contributed by atoms with E-state index in [9.17, 15) is 4.79 Å². The van der Waals surface area contributed by atoms with Gasteiger partial charge in [0.2, 0.25) is 5.91 Å². The number of nitrogens with zero attached hydrogens (tertiary/aromatic N) is 1. The minimum Gasteiger partial charge on any atom is -0.490 e. The van der Waals surface area contributed by atoms with Crippen molar-refractivity contribution in [2.75, 3.05) is 32.9 Å². The van der Waals surface area contributed by atoms with E-state index in [1.807, 2.05) is 54.3 Å². The largest absolute Gasteiger partial charge is 0.490 e. The van der Waals surface area contributed by atoms with Crippen LogP contribution < -0.4 is 9.47 Å². The third-order valence-electron chi connectivity index (χ3n) is 5.29. The van der Waals surface area contributed by atoms with Gasteiger partial charge in [-0.25, -0.2) is 0 Å². The first-order valence-corrected chi connectivity index (χ1v) is 11.0. The van der Waals surface area contributed by atoms with Crippen molar-refractivity contribution in [2.45, 2.75) is 45.1 Å². The number of ether oxygens (including phenoxy) is 3. The standard InChI is InChI=1S/C25H33NO4/c1-2-29-23-11-6-7-12-24(23)30-22-14-17-26(18-15-22)25(27)13-8-19-28-20-16-21-9-4-3-5-10-21/h3-7,9-12,22H,2,8,13-20H2,1H3. The number of benzene rings is 2. The van der Waals surface area contributed by atoms with Gasteiger partial charge in [0.05, 0.1) is 13.2 Å². The van der Waals surface area contributed by atoms with E-state index in [2.05, 4.69) is 12.1 Å². The molecule has 2 aromatic rings. The van der Waals surface area contributed by atoms with E-state index >= 15 is 0 Å². The maximum absolute atomic E-state index is 12.5. The number of rotatable bonds is 11. The van der Waals surface area contributed by atoms with Gasteiger partial charge in [0.1, 0.15) is 6.10 Å². The van der Waals surface area contributed by atoms with Crippen LogP contribution in [-0.2, 0) is 16.0 Å². The summed E-state index contributed by atoms with van der Waals surface area (Å²) in [5, 5.41) is 0. The summed E-state index contributed by atoms with van der Waals surface area (Å²) in [4.78, 5) is 14.4. The summed E-state index contributed by atoms with van der Waals surface area (Å²) in [5.74, 6) is 1.79. The Morgan fingerprint density at radius 1 is 0.967 bits per heavy atom. The topological polar surface area (TPSA) is 48.0 Å². The van der Waals surface area contributed by atoms with Crippen molar-refractivity contribution in [3.05, 3.63) is 60.2 Å². The van der Waals surface area contributed by atoms with Gasteiger partial charge in [0.25, 0.3) is 0 Å². The second-order valence-electron chi connectivity index (χ2n) is 7.53. The second-order valence-corrected chi connectivity index (χ2v) is 7.53. The van der Waals surface area contributed by atoms with Gasteiger partial charge in [0.15, 0.2) is 11.5 Å². The summed E-state index contributed by atoms with van der Waals surface area (Å²) >= 11 is 0. The molecule has 0 N–H and O–H groups in total. The van der Waals surface area contributed by atoms with Crippen LogP contribution in [0.25, 0.3) is 0 Å². The molecule has 1 saturated heterocycles. The molecule has 5 nitrogen and oxygen atoms in total. The monoisotopic (exact) mass is 411 g/mol. The average molecular weight is 412 g/mol. The molecule has 5 heteroatoms. The van der Waals surface area contributed by atoms with Gasteiger partial charge in [-0.3, -0.25) is 4.79 Å². The Morgan fingerprint density at radius 3 is 2.40 bits per heavy atom. The summed E-state index contributed by atoms with van der Waals surface area (Å²) in [6.07, 6.45) is 4.04. The van der Waals surface area contributed by atoms with Gasteiger partial charge in [0, 0.05) is 39.0 Å². The molecule has 0 unspecified atom stereocenters. The zero-order valence-corrected chi connectivity index (χ0v) is 17.9. The van der Waals surface area contributed by atoms with E-state index in [-0.39, 0.29) is 12.0 Å². The number of hydrogen-bond donors (Lipinski definition) is 0. The van der Waals surface area contributed by atoms with Crippen LogP contribution in [0.5, 0.6) is 11.5 Å². The first-order chi connectivity index (χ1) is 14.8. The summed E-state index contributed by atoms with van der Waals surface area (Å²) in [6, 6.07) is 18.1. The first kappa shape index (κ1) is 22.2. The van der Waals surface area contributed by atoms with Crippen LogP contribution in [0.2, 0.25) is 0 Å². The highest BCUT2D eigenvalue weighted by Gasteiger charge is 2.24. The number of amides is 1. The number of piperidine rings is 1. The van der Waals surface area contributed by atoms with Crippen LogP contribution in [0, 0.1) is 0 Å². The first-order valence-electron chi connectivity index (χ1n) is 11.0. The predicted octanol–water partition coefficient (Wildman–Crippen LogP) is 4.49. The van der Waals surface area contributed by atoms with Crippen molar-refractivity contribution in [3.8, 4) is 11.5 Å². The zero-order valence-electron chi connectivity index (χ0n) is 17.9. The van der Waals surface area contributed by atoms with E-state index in [0.717, 1.165) is 50.3 Å². The fourth-order valence-corrected chi connectivity index (χ4v) is 3.65. The lowest BCUT2D eigenvalue weighted by atomic mass is 10.1. The highest BCUT2D eigenvalue weighted by Crippen LogP contribution is 2.29. The Bertz CT molecular complexity index is 757. The molecule has 0 spiro atoms. The van der Waals surface area contributed by atoms with E-state index < -0.39 is 0 Å². The molecule has 0 saturated carbocycles. The maximum Gasteiger partial charge on any atom is 0.222 e. The van der Waals surface area contributed by atoms with Gasteiger partial charge in [-0.2, -0.15) is 0 Å². The van der Waals surface area contributed by atoms with E-state index in [4.69, 9.17) is 14.2 Å². The molecule has 3 rings (SSSR count). The van der Waals surface area contributed by atoms with Gasteiger partial charge >= 0.3 is 0 Å². The van der Waals surface area contributed by atoms with Crippen molar-refractivity contribution in [2.24, 2.45) is 0 Å². The lowest BCUT2D eigenvalue weighted by molar-refractivity contribution is -0.133. The third kappa shape index (κ3) is 7.06. The van der Waals surface area contributed by atoms with Crippen molar-refractivity contribution >= 4 is 5.91 Å². The molecule has 0 radical (unpaired) electrons. The molecule has 1 aliphatic rings. The number of carbonyl (C=O) groups excluding carboxylic acids is 1. The van der Waals surface area contributed by atoms with E-state index in [0.29, 0.717) is 26.2 Å². The van der Waals surface area contributed by atoms with Gasteiger partial charge in [-0.05, 0) is 37.5 Å². The van der Waals surface area contributed by atoms with Crippen LogP contribution in [0.4, 0.5) is 0 Å². The van der Waals surface area contributed by atoms with Crippen LogP contribution in [0.15, 0.2) is 54.6 Å². The maximum atomic E-state index is 12.5. The minimum atomic E-state index is 0.122. The van der Waals surface area contributed by atoms with Gasteiger partial charge in [-0.15, -0.1) is 0 Å². The average Bonchev–Trinajstić information content (AvgIpc) is 2.79. The molecule has 0 bridgehead atoms. The second kappa shape index (κ2) is 12.2. The smallest absolute Gasteiger partial charge is 0.222 e. The normalized spacial score (nSPS) is 14.5. The Hall–Kier alpha value is -2.53. The number of para-hydroxylation sites is 2. The lowest BCUT2D eigenvalue weighted by Gasteiger charge is -2.32. The summed E-state index contributed by atoms with van der Waals surface area (Å²) < 4.78 is 17.5. The van der Waals surface area contributed by atoms with Crippen LogP contribution >= 0.6 is 0 Å². The Kier molecular flexibility index (Phi) is 9.04. The van der Waals surface area contributed by atoms with Crippen LogP contribution in [0.1, 0.15) is 38.2 Å². The molecule has 0 aromatic heterocycles. The van der Waals surface area contributed by atoms with Gasteiger partial charge in [-0.1, -0.05) is 42.5 Å². The highest BCUT2D eigenvalue weighted by molar-refractivity contribution is 5.76. The molecule has 1 amide bonds. The zero-order chi connectivity index (χ0) is 21.0. The predicted molar refractivity (Wildman–Crippen MR) is 118 cm³/mol. The Labute approximate surface area is 179 Å². The van der Waals surface area contributed by atoms with Crippen LogP contribution in [-0.4, -0.2) is 49.8 Å². The SMILES string of the molecule is CCOc1ccccc1OC1CCN(C(=O)CCCOCCc2ccccc2)CC1. The summed E-state index contributed by atoms with van der Waals surface area (Å²) in [5.41, 5.74) is 1.28. The van der Waals surface area contributed by atoms with E-state index in [1.165, 1.54) is 5.56 Å². The molecule has 0 aliphatic carbocycles. The molecule has 30 heavy (non-hydrogen) atoms. The lowest BCUT2D eigenvalue weighted by Crippen LogP contribution is -2.41. The summed E-state index contributed by atoms with van der Waals surface area (Å²) in [6.45, 7) is 5.40. The number of carbonyl (C=O) groups is 1. The van der Waals surface area contributed by atoms with Gasteiger partial charge < -0.3 is 19.1 Å². The third-order valence-corrected chi connectivity index (χ3v) is 5.29. The molecule has 162 valence electrons. The summed E-state index contributed by atoms with van der Waals surface area (Å²) in [7, 11) is 0. The molecule has 1 fully saturated rings. The molecule has 1 heterocycles.